The summed E-state index contributed by atoms with van der Waals surface area (Å²) >= 11 is 0. The van der Waals surface area contributed by atoms with Gasteiger partial charge in [-0.1, -0.05) is 66.7 Å². The molecule has 0 atom stereocenters. The molecule has 0 spiro atoms. The van der Waals surface area contributed by atoms with Gasteiger partial charge in [-0.2, -0.15) is 0 Å². The second kappa shape index (κ2) is 6.14. The number of allylic oxidation sites excluding steroid dienone is 2. The van der Waals surface area contributed by atoms with Crippen molar-refractivity contribution in [2.24, 2.45) is 0 Å². The third-order valence-corrected chi connectivity index (χ3v) is 3.29. The van der Waals surface area contributed by atoms with E-state index >= 15 is 0 Å². The molecule has 0 aliphatic carbocycles. The van der Waals surface area contributed by atoms with E-state index in [1.165, 1.54) is 11.1 Å². The van der Waals surface area contributed by atoms with Crippen LogP contribution in [-0.2, 0) is 4.79 Å². The van der Waals surface area contributed by atoms with Crippen LogP contribution in [0.2, 0.25) is 0 Å². The molecule has 0 heterocycles. The van der Waals surface area contributed by atoms with Crippen molar-refractivity contribution in [1.29, 1.82) is 0 Å². The molecule has 0 aromatic heterocycles. The molecule has 2 aromatic carbocycles. The Bertz CT molecular complexity index is 528. The van der Waals surface area contributed by atoms with Crippen LogP contribution in [0.25, 0.3) is 0 Å². The first kappa shape index (κ1) is 13.3. The van der Waals surface area contributed by atoms with E-state index in [9.17, 15) is 4.79 Å². The summed E-state index contributed by atoms with van der Waals surface area (Å²) in [6, 6.07) is 20.5. The highest BCUT2D eigenvalue weighted by Gasteiger charge is 2.12. The van der Waals surface area contributed by atoms with Crippen LogP contribution in [-0.4, -0.2) is 5.78 Å². The summed E-state index contributed by atoms with van der Waals surface area (Å²) in [6.07, 6.45) is 2.05. The first-order chi connectivity index (χ1) is 9.18. The van der Waals surface area contributed by atoms with Crippen LogP contribution in [0.3, 0.4) is 0 Å². The van der Waals surface area contributed by atoms with Gasteiger partial charge in [0.2, 0.25) is 0 Å². The molecule has 19 heavy (non-hydrogen) atoms. The van der Waals surface area contributed by atoms with E-state index in [4.69, 9.17) is 0 Å². The maximum atomic E-state index is 11.5. The molecule has 0 aliphatic rings. The van der Waals surface area contributed by atoms with Crippen molar-refractivity contribution in [3.8, 4) is 0 Å². The normalized spacial score (nSPS) is 11.6. The Hall–Kier alpha value is -2.15. The van der Waals surface area contributed by atoms with Crippen molar-refractivity contribution < 1.29 is 4.79 Å². The van der Waals surface area contributed by atoms with E-state index < -0.39 is 0 Å². The standard InChI is InChI=1S/C18H18O/c1-14(15(2)19)13-18(16-9-5-3-6-10-16)17-11-7-4-8-12-17/h3-13,18H,1-2H3/b14-13+. The van der Waals surface area contributed by atoms with Gasteiger partial charge in [0.05, 0.1) is 0 Å². The number of hydrogen-bond donors (Lipinski definition) is 0. The summed E-state index contributed by atoms with van der Waals surface area (Å²) in [5.41, 5.74) is 3.21. The maximum Gasteiger partial charge on any atom is 0.155 e. The largest absolute Gasteiger partial charge is 0.295 e. The molecule has 96 valence electrons. The van der Waals surface area contributed by atoms with E-state index in [-0.39, 0.29) is 11.7 Å². The van der Waals surface area contributed by atoms with Crippen molar-refractivity contribution in [1.82, 2.24) is 0 Å². The lowest BCUT2D eigenvalue weighted by Gasteiger charge is -2.15. The highest BCUT2D eigenvalue weighted by molar-refractivity contribution is 5.92. The second-order valence-corrected chi connectivity index (χ2v) is 4.70. The molecule has 2 rings (SSSR count). The summed E-state index contributed by atoms with van der Waals surface area (Å²) in [6.45, 7) is 3.49. The average molecular weight is 250 g/mol. The van der Waals surface area contributed by atoms with E-state index in [0.29, 0.717) is 0 Å². The van der Waals surface area contributed by atoms with Gasteiger partial charge in [-0.25, -0.2) is 0 Å². The van der Waals surface area contributed by atoms with E-state index in [2.05, 4.69) is 24.3 Å². The molecule has 0 saturated carbocycles. The van der Waals surface area contributed by atoms with Gasteiger partial charge < -0.3 is 0 Å². The number of Topliss-reactive ketones (excluding diaryl/α,β-unsaturated/α-hetero) is 1. The van der Waals surface area contributed by atoms with Gasteiger partial charge in [0.25, 0.3) is 0 Å². The Morgan fingerprint density at radius 2 is 1.26 bits per heavy atom. The number of carbonyl (C=O) groups excluding carboxylic acids is 1. The fourth-order valence-corrected chi connectivity index (χ4v) is 2.07. The van der Waals surface area contributed by atoms with Gasteiger partial charge in [0.1, 0.15) is 0 Å². The molecule has 0 radical (unpaired) electrons. The van der Waals surface area contributed by atoms with Crippen LogP contribution >= 0.6 is 0 Å². The molecule has 0 amide bonds. The minimum absolute atomic E-state index is 0.122. The van der Waals surface area contributed by atoms with E-state index in [1.54, 1.807) is 6.92 Å². The third-order valence-electron chi connectivity index (χ3n) is 3.29. The SMILES string of the molecule is CC(=O)/C(C)=C/C(c1ccccc1)c1ccccc1. The summed E-state index contributed by atoms with van der Waals surface area (Å²) in [4.78, 5) is 11.5. The topological polar surface area (TPSA) is 17.1 Å². The zero-order chi connectivity index (χ0) is 13.7. The van der Waals surface area contributed by atoms with Gasteiger partial charge in [-0.3, -0.25) is 4.79 Å². The zero-order valence-electron chi connectivity index (χ0n) is 11.3. The fraction of sp³-hybridized carbons (Fsp3) is 0.167. The number of ketones is 1. The Kier molecular flexibility index (Phi) is 4.30. The Morgan fingerprint density at radius 1 is 0.842 bits per heavy atom. The Labute approximate surface area is 114 Å². The lowest BCUT2D eigenvalue weighted by Crippen LogP contribution is -2.01. The smallest absolute Gasteiger partial charge is 0.155 e. The number of benzene rings is 2. The first-order valence-electron chi connectivity index (χ1n) is 6.47. The lowest BCUT2D eigenvalue weighted by molar-refractivity contribution is -0.113. The van der Waals surface area contributed by atoms with Gasteiger partial charge in [0, 0.05) is 5.92 Å². The number of carbonyl (C=O) groups is 1. The van der Waals surface area contributed by atoms with Crippen LogP contribution < -0.4 is 0 Å². The Balaban J connectivity index is 2.46. The van der Waals surface area contributed by atoms with E-state index in [0.717, 1.165) is 5.57 Å². The van der Waals surface area contributed by atoms with Gasteiger partial charge >= 0.3 is 0 Å². The molecule has 0 aliphatic heterocycles. The minimum Gasteiger partial charge on any atom is -0.295 e. The monoisotopic (exact) mass is 250 g/mol. The minimum atomic E-state index is 0.122. The predicted molar refractivity (Wildman–Crippen MR) is 79.2 cm³/mol. The number of hydrogen-bond acceptors (Lipinski definition) is 1. The molecule has 1 nitrogen and oxygen atoms in total. The van der Waals surface area contributed by atoms with Crippen LogP contribution in [0.4, 0.5) is 0 Å². The molecule has 1 heteroatoms. The Morgan fingerprint density at radius 3 is 1.63 bits per heavy atom. The van der Waals surface area contributed by atoms with Crippen molar-refractivity contribution in [3.63, 3.8) is 0 Å². The molecular weight excluding hydrogens is 232 g/mol. The first-order valence-corrected chi connectivity index (χ1v) is 6.47. The van der Waals surface area contributed by atoms with Crippen molar-refractivity contribution in [2.75, 3.05) is 0 Å². The maximum absolute atomic E-state index is 11.5. The zero-order valence-corrected chi connectivity index (χ0v) is 11.3. The molecular formula is C18H18O. The predicted octanol–water partition coefficient (Wildman–Crippen LogP) is 4.35. The van der Waals surface area contributed by atoms with Crippen LogP contribution in [0.1, 0.15) is 30.9 Å². The van der Waals surface area contributed by atoms with Crippen molar-refractivity contribution >= 4 is 5.78 Å². The summed E-state index contributed by atoms with van der Waals surface area (Å²) in [5, 5.41) is 0. The molecule has 0 N–H and O–H groups in total. The molecule has 0 fully saturated rings. The second-order valence-electron chi connectivity index (χ2n) is 4.70. The molecule has 0 unspecified atom stereocenters. The lowest BCUT2D eigenvalue weighted by atomic mass is 9.89. The molecule has 2 aromatic rings. The van der Waals surface area contributed by atoms with Crippen LogP contribution in [0.5, 0.6) is 0 Å². The van der Waals surface area contributed by atoms with E-state index in [1.807, 2.05) is 49.4 Å². The highest BCUT2D eigenvalue weighted by atomic mass is 16.1. The summed E-state index contributed by atoms with van der Waals surface area (Å²) < 4.78 is 0. The molecule has 0 saturated heterocycles. The number of rotatable bonds is 4. The summed E-state index contributed by atoms with van der Waals surface area (Å²) in [7, 11) is 0. The fourth-order valence-electron chi connectivity index (χ4n) is 2.07. The average Bonchev–Trinajstić information content (AvgIpc) is 2.46. The van der Waals surface area contributed by atoms with Gasteiger partial charge in [-0.15, -0.1) is 0 Å². The highest BCUT2D eigenvalue weighted by Crippen LogP contribution is 2.27. The molecule has 0 bridgehead atoms. The summed E-state index contributed by atoms with van der Waals surface area (Å²) in [5.74, 6) is 0.253. The van der Waals surface area contributed by atoms with Crippen LogP contribution in [0, 0.1) is 0 Å². The van der Waals surface area contributed by atoms with Gasteiger partial charge in [-0.05, 0) is 30.5 Å². The van der Waals surface area contributed by atoms with Crippen molar-refractivity contribution in [2.45, 2.75) is 19.8 Å². The third kappa shape index (κ3) is 3.41. The van der Waals surface area contributed by atoms with Crippen LogP contribution in [0.15, 0.2) is 72.3 Å². The van der Waals surface area contributed by atoms with Crippen molar-refractivity contribution in [3.05, 3.63) is 83.4 Å². The van der Waals surface area contributed by atoms with Gasteiger partial charge in [0.15, 0.2) is 5.78 Å². The quantitative estimate of drug-likeness (QED) is 0.737.